The number of carbonyl (C=O) groups is 5. The van der Waals surface area contributed by atoms with E-state index >= 15 is 0 Å². The van der Waals surface area contributed by atoms with Crippen LogP contribution in [0.3, 0.4) is 0 Å². The highest BCUT2D eigenvalue weighted by atomic mass is 32.2. The monoisotopic (exact) mass is 541 g/mol. The summed E-state index contributed by atoms with van der Waals surface area (Å²) < 4.78 is 5.11. The molecular weight excluding hydrogens is 518 g/mol. The number of fused-ring (bicyclic) bond motifs is 1. The van der Waals surface area contributed by atoms with Crippen molar-refractivity contribution in [2.45, 2.75) is 37.8 Å². The van der Waals surface area contributed by atoms with Gasteiger partial charge in [0, 0.05) is 11.1 Å². The molecule has 0 spiro atoms. The van der Waals surface area contributed by atoms with Crippen LogP contribution in [-0.2, 0) is 33.5 Å². The lowest BCUT2D eigenvalue weighted by atomic mass is 10.0. The highest BCUT2D eigenvalue weighted by molar-refractivity contribution is 8.00. The van der Waals surface area contributed by atoms with Crippen LogP contribution in [0.2, 0.25) is 0 Å². The molecule has 1 unspecified atom stereocenters. The van der Waals surface area contributed by atoms with Crippen molar-refractivity contribution >= 4 is 64.1 Å². The summed E-state index contributed by atoms with van der Waals surface area (Å²) in [7, 11) is 0. The number of hydrogen-bond donors (Lipinski definition) is 4. The Kier molecular flexibility index (Phi) is 8.31. The zero-order valence-electron chi connectivity index (χ0n) is 19.3. The number of aliphatic carboxylic acids is 1. The number of aromatic nitrogens is 1. The fraction of sp³-hybridized carbons (Fsp3) is 0.450. The van der Waals surface area contributed by atoms with Crippen LogP contribution in [0.5, 0.6) is 0 Å². The van der Waals surface area contributed by atoms with Gasteiger partial charge in [-0.2, -0.15) is 0 Å². The molecule has 0 aromatic carbocycles. The number of amides is 3. The van der Waals surface area contributed by atoms with Gasteiger partial charge >= 0.3 is 11.9 Å². The molecule has 3 amide bonds. The number of nitrogens with one attached hydrogen (secondary N) is 2. The van der Waals surface area contributed by atoms with Crippen LogP contribution in [0.15, 0.2) is 21.8 Å². The average Bonchev–Trinajstić information content (AvgIpc) is 3.26. The molecule has 0 radical (unpaired) electrons. The van der Waals surface area contributed by atoms with Crippen LogP contribution in [0, 0.1) is 0 Å². The lowest BCUT2D eigenvalue weighted by Gasteiger charge is -2.49. The second-order valence-electron chi connectivity index (χ2n) is 8.38. The van der Waals surface area contributed by atoms with E-state index in [4.69, 9.17) is 9.57 Å². The normalized spacial score (nSPS) is 19.7. The first-order chi connectivity index (χ1) is 17.0. The molecule has 2 aliphatic heterocycles. The minimum absolute atomic E-state index is 0.000322. The number of anilines is 1. The van der Waals surface area contributed by atoms with Gasteiger partial charge in [0.2, 0.25) is 13.0 Å². The SMILES string of the molecule is CC(C)(C)OC(=O)CO/N=C(\C(=O)NC1C(=O)N2C(C(=O)O)=C(CO)CS[C@H]12)c1csc(NC=O)n1. The number of carbonyl (C=O) groups excluding carboxylic acids is 4. The number of hydrogen-bond acceptors (Lipinski definition) is 12. The van der Waals surface area contributed by atoms with Crippen molar-refractivity contribution in [1.82, 2.24) is 15.2 Å². The van der Waals surface area contributed by atoms with Crippen LogP contribution < -0.4 is 10.6 Å². The summed E-state index contributed by atoms with van der Waals surface area (Å²) in [6.07, 6.45) is 0.397. The Hall–Kier alpha value is -3.50. The number of ether oxygens (including phenoxy) is 1. The van der Waals surface area contributed by atoms with E-state index in [-0.39, 0.29) is 33.6 Å². The maximum absolute atomic E-state index is 13.1. The maximum atomic E-state index is 13.1. The van der Waals surface area contributed by atoms with E-state index in [0.29, 0.717) is 6.41 Å². The van der Waals surface area contributed by atoms with Gasteiger partial charge in [-0.05, 0) is 26.3 Å². The number of carboxylic acids is 1. The Labute approximate surface area is 212 Å². The van der Waals surface area contributed by atoms with E-state index in [1.54, 1.807) is 20.8 Å². The third-order valence-electron chi connectivity index (χ3n) is 4.63. The van der Waals surface area contributed by atoms with Crippen molar-refractivity contribution in [2.75, 3.05) is 24.3 Å². The first-order valence-electron chi connectivity index (χ1n) is 10.4. The van der Waals surface area contributed by atoms with E-state index in [2.05, 4.69) is 20.8 Å². The van der Waals surface area contributed by atoms with Gasteiger partial charge in [0.1, 0.15) is 28.4 Å². The molecule has 3 rings (SSSR count). The molecule has 0 bridgehead atoms. The second-order valence-corrected chi connectivity index (χ2v) is 10.3. The van der Waals surface area contributed by atoms with Crippen molar-refractivity contribution in [2.24, 2.45) is 5.16 Å². The molecule has 3 heterocycles. The zero-order chi connectivity index (χ0) is 26.6. The number of nitrogens with zero attached hydrogens (tertiary/aromatic N) is 3. The Bertz CT molecular complexity index is 1140. The molecule has 36 heavy (non-hydrogen) atoms. The lowest BCUT2D eigenvalue weighted by Crippen LogP contribution is -2.71. The zero-order valence-corrected chi connectivity index (χ0v) is 21.0. The summed E-state index contributed by atoms with van der Waals surface area (Å²) in [6.45, 7) is 3.87. The fourth-order valence-electron chi connectivity index (χ4n) is 3.24. The summed E-state index contributed by atoms with van der Waals surface area (Å²) in [5.41, 5.74) is -1.26. The van der Waals surface area contributed by atoms with E-state index in [1.807, 2.05) is 0 Å². The van der Waals surface area contributed by atoms with Crippen LogP contribution in [-0.4, -0.2) is 92.0 Å². The number of β-lactam (4-membered cyclic amide) rings is 1. The number of aliphatic hydroxyl groups is 1. The van der Waals surface area contributed by atoms with Gasteiger partial charge in [0.15, 0.2) is 10.8 Å². The highest BCUT2D eigenvalue weighted by Gasteiger charge is 2.54. The van der Waals surface area contributed by atoms with Crippen LogP contribution in [0.4, 0.5) is 5.13 Å². The van der Waals surface area contributed by atoms with Crippen molar-refractivity contribution in [3.8, 4) is 0 Å². The molecule has 1 aromatic rings. The van der Waals surface area contributed by atoms with Gasteiger partial charge < -0.3 is 30.4 Å². The molecule has 1 fully saturated rings. The molecule has 14 nitrogen and oxygen atoms in total. The topological polar surface area (TPSA) is 197 Å². The van der Waals surface area contributed by atoms with Crippen molar-refractivity contribution < 1.29 is 43.8 Å². The van der Waals surface area contributed by atoms with E-state index in [1.165, 1.54) is 17.1 Å². The average molecular weight is 542 g/mol. The predicted octanol–water partition coefficient (Wildman–Crippen LogP) is -0.495. The largest absolute Gasteiger partial charge is 0.477 e. The third kappa shape index (κ3) is 6.00. The second kappa shape index (κ2) is 11.0. The molecule has 1 saturated heterocycles. The van der Waals surface area contributed by atoms with Crippen LogP contribution >= 0.6 is 23.1 Å². The lowest BCUT2D eigenvalue weighted by molar-refractivity contribution is -0.160. The summed E-state index contributed by atoms with van der Waals surface area (Å²) >= 11 is 2.18. The summed E-state index contributed by atoms with van der Waals surface area (Å²) in [5, 5.41) is 28.3. The number of carboxylic acid groups (broad SMARTS) is 1. The first-order valence-corrected chi connectivity index (χ1v) is 12.3. The summed E-state index contributed by atoms with van der Waals surface area (Å²) in [6, 6.07) is -1.08. The van der Waals surface area contributed by atoms with Gasteiger partial charge in [-0.15, -0.1) is 23.1 Å². The number of thiazole rings is 1. The minimum Gasteiger partial charge on any atom is -0.477 e. The van der Waals surface area contributed by atoms with Crippen LogP contribution in [0.25, 0.3) is 0 Å². The first kappa shape index (κ1) is 27.1. The summed E-state index contributed by atoms with van der Waals surface area (Å²) in [5.74, 6) is -3.50. The van der Waals surface area contributed by atoms with Gasteiger partial charge in [-0.1, -0.05) is 5.16 Å². The molecular formula is C20H23N5O9S2. The number of rotatable bonds is 10. The molecule has 1 aromatic heterocycles. The summed E-state index contributed by atoms with van der Waals surface area (Å²) in [4.78, 5) is 70.1. The number of thioether (sulfide) groups is 1. The Morgan fingerprint density at radius 2 is 2.08 bits per heavy atom. The van der Waals surface area contributed by atoms with Gasteiger partial charge in [-0.3, -0.25) is 19.3 Å². The molecule has 0 saturated carbocycles. The van der Waals surface area contributed by atoms with Gasteiger partial charge in [-0.25, -0.2) is 14.6 Å². The van der Waals surface area contributed by atoms with Gasteiger partial charge in [0.05, 0.1) is 6.61 Å². The maximum Gasteiger partial charge on any atom is 0.352 e. The molecule has 0 aliphatic carbocycles. The van der Waals surface area contributed by atoms with E-state index in [9.17, 15) is 34.2 Å². The molecule has 4 N–H and O–H groups in total. The Balaban J connectivity index is 1.78. The van der Waals surface area contributed by atoms with Gasteiger partial charge in [0.25, 0.3) is 11.8 Å². The smallest absolute Gasteiger partial charge is 0.352 e. The quantitative estimate of drug-likeness (QED) is 0.0980. The predicted molar refractivity (Wildman–Crippen MR) is 127 cm³/mol. The number of esters is 1. The standard InChI is InChI=1S/C20H23N5O9S2/c1-20(2,3)34-11(28)5-33-24-12(10-7-36-19(22-10)21-8-27)15(29)23-13-16(30)25-14(18(31)32)9(4-26)6-35-17(13)25/h7-8,13,17,26H,4-6H2,1-3H3,(H,23,29)(H,31,32)(H,21,22,27)/b24-12-/t13?,17-/m1/s1. The molecule has 194 valence electrons. The Morgan fingerprint density at radius 1 is 1.36 bits per heavy atom. The van der Waals surface area contributed by atoms with Crippen molar-refractivity contribution in [1.29, 1.82) is 0 Å². The molecule has 2 atom stereocenters. The third-order valence-corrected chi connectivity index (χ3v) is 6.74. The number of oxime groups is 1. The van der Waals surface area contributed by atoms with Crippen molar-refractivity contribution in [3.05, 3.63) is 22.3 Å². The Morgan fingerprint density at radius 3 is 2.69 bits per heavy atom. The van der Waals surface area contributed by atoms with E-state index in [0.717, 1.165) is 16.2 Å². The molecule has 2 aliphatic rings. The van der Waals surface area contributed by atoms with Crippen molar-refractivity contribution in [3.63, 3.8) is 0 Å². The number of aliphatic hydroxyl groups excluding tert-OH is 1. The molecule has 16 heteroatoms. The fourth-order valence-corrected chi connectivity index (χ4v) is 5.23. The van der Waals surface area contributed by atoms with Crippen LogP contribution in [0.1, 0.15) is 26.5 Å². The highest BCUT2D eigenvalue weighted by Crippen LogP contribution is 2.40. The minimum atomic E-state index is -1.36. The van der Waals surface area contributed by atoms with E-state index < -0.39 is 54.0 Å².